The largest absolute Gasteiger partial charge is 0.423 e. The van der Waals surface area contributed by atoms with Crippen LogP contribution >= 0.6 is 0 Å². The van der Waals surface area contributed by atoms with Crippen LogP contribution in [0.4, 0.5) is 14.6 Å². The van der Waals surface area contributed by atoms with Crippen LogP contribution in [0.1, 0.15) is 25.7 Å². The van der Waals surface area contributed by atoms with Crippen molar-refractivity contribution in [2.24, 2.45) is 11.8 Å². The summed E-state index contributed by atoms with van der Waals surface area (Å²) in [5.41, 5.74) is 0. The van der Waals surface area contributed by atoms with E-state index in [4.69, 9.17) is 9.15 Å². The number of aromatic nitrogens is 1. The van der Waals surface area contributed by atoms with E-state index in [1.165, 1.54) is 6.08 Å². The first-order chi connectivity index (χ1) is 13.5. The Morgan fingerprint density at radius 1 is 1.34 bits per heavy atom. The number of nitrogens with one attached hydrogen (secondary N) is 1. The van der Waals surface area contributed by atoms with Crippen LogP contribution < -0.4 is 10.1 Å². The van der Waals surface area contributed by atoms with Crippen molar-refractivity contribution in [3.05, 3.63) is 47.7 Å². The number of carbonyl (C=O) groups excluding carboxylic acids is 1. The number of ether oxygens (including phenoxy) is 1. The van der Waals surface area contributed by atoms with Crippen molar-refractivity contribution in [3.8, 4) is 11.7 Å². The van der Waals surface area contributed by atoms with Gasteiger partial charge in [-0.15, -0.1) is 0 Å². The van der Waals surface area contributed by atoms with Gasteiger partial charge in [-0.3, -0.25) is 4.79 Å². The second kappa shape index (κ2) is 7.94. The van der Waals surface area contributed by atoms with Crippen LogP contribution in [-0.4, -0.2) is 25.6 Å². The molecular formula is C19H20F2N2O5S. The Kier molecular flexibility index (Phi) is 5.74. The number of benzene rings is 1. The van der Waals surface area contributed by atoms with E-state index in [1.54, 1.807) is 30.3 Å². The molecule has 0 spiro atoms. The van der Waals surface area contributed by atoms with Gasteiger partial charge >= 0.3 is 11.9 Å². The van der Waals surface area contributed by atoms with Gasteiger partial charge in [0.25, 0.3) is 5.89 Å². The highest BCUT2D eigenvalue weighted by atomic mass is 32.2. The van der Waals surface area contributed by atoms with Gasteiger partial charge in [-0.05, 0) is 30.9 Å². The molecule has 1 atom stereocenters. The lowest BCUT2D eigenvalue weighted by Crippen LogP contribution is -2.23. The fourth-order valence-corrected chi connectivity index (χ4v) is 3.03. The van der Waals surface area contributed by atoms with E-state index in [0.29, 0.717) is 12.7 Å². The number of anilines is 1. The van der Waals surface area contributed by atoms with Crippen molar-refractivity contribution in [3.63, 3.8) is 0 Å². The summed E-state index contributed by atoms with van der Waals surface area (Å²) in [5.74, 6) is -6.01. The van der Waals surface area contributed by atoms with Crippen molar-refractivity contribution in [1.82, 2.24) is 4.98 Å². The van der Waals surface area contributed by atoms with E-state index in [0.717, 1.165) is 24.5 Å². The maximum atomic E-state index is 13.7. The summed E-state index contributed by atoms with van der Waals surface area (Å²) in [7, 11) is -3.41. The molecule has 0 bridgehead atoms. The van der Waals surface area contributed by atoms with E-state index in [-0.39, 0.29) is 17.7 Å². The van der Waals surface area contributed by atoms with Crippen molar-refractivity contribution >= 4 is 21.6 Å². The Hall–Kier alpha value is -2.75. The SMILES string of the molecule is CC(F)(F)c1nc(NC(=O)[C@H](/C=C/S(C)(=O)=O)C2CC2)c(Oc2ccccc2)o1. The van der Waals surface area contributed by atoms with Gasteiger partial charge in [-0.2, -0.15) is 13.8 Å². The predicted molar refractivity (Wildman–Crippen MR) is 101 cm³/mol. The fraction of sp³-hybridized carbons (Fsp3) is 0.368. The van der Waals surface area contributed by atoms with Gasteiger partial charge in [0.2, 0.25) is 11.7 Å². The van der Waals surface area contributed by atoms with Crippen LogP contribution in [0.25, 0.3) is 0 Å². The highest BCUT2D eigenvalue weighted by Crippen LogP contribution is 2.40. The lowest BCUT2D eigenvalue weighted by Gasteiger charge is -2.11. The van der Waals surface area contributed by atoms with Crippen molar-refractivity contribution in [2.45, 2.75) is 25.7 Å². The Morgan fingerprint density at radius 2 is 2.00 bits per heavy atom. The molecule has 0 aliphatic heterocycles. The number of carbonyl (C=O) groups is 1. The molecule has 1 amide bonds. The average molecular weight is 426 g/mol. The minimum absolute atomic E-state index is 0.0227. The minimum atomic E-state index is -3.41. The van der Waals surface area contributed by atoms with Crippen molar-refractivity contribution in [1.29, 1.82) is 0 Å². The van der Waals surface area contributed by atoms with Gasteiger partial charge in [-0.1, -0.05) is 24.3 Å². The summed E-state index contributed by atoms with van der Waals surface area (Å²) in [6.07, 6.45) is 3.84. The highest BCUT2D eigenvalue weighted by molar-refractivity contribution is 7.93. The maximum Gasteiger partial charge on any atom is 0.336 e. The summed E-state index contributed by atoms with van der Waals surface area (Å²) in [5, 5.41) is 3.40. The molecule has 0 saturated heterocycles. The zero-order chi connectivity index (χ0) is 21.2. The molecule has 3 rings (SSSR count). The number of nitrogens with zero attached hydrogens (tertiary/aromatic N) is 1. The Labute approximate surface area is 166 Å². The Morgan fingerprint density at radius 3 is 2.55 bits per heavy atom. The van der Waals surface area contributed by atoms with Crippen LogP contribution in [0.5, 0.6) is 11.7 Å². The van der Waals surface area contributed by atoms with Gasteiger partial charge < -0.3 is 14.5 Å². The number of hydrogen-bond acceptors (Lipinski definition) is 6. The average Bonchev–Trinajstić information content (AvgIpc) is 3.36. The summed E-state index contributed by atoms with van der Waals surface area (Å²) in [4.78, 5) is 16.4. The number of sulfone groups is 1. The molecule has 1 saturated carbocycles. The highest BCUT2D eigenvalue weighted by Gasteiger charge is 2.37. The zero-order valence-electron chi connectivity index (χ0n) is 15.8. The molecule has 1 aromatic carbocycles. The molecule has 1 fully saturated rings. The predicted octanol–water partition coefficient (Wildman–Crippen LogP) is 4.10. The quantitative estimate of drug-likeness (QED) is 0.682. The molecule has 1 aliphatic carbocycles. The molecule has 2 aromatic rings. The second-order valence-electron chi connectivity index (χ2n) is 6.97. The van der Waals surface area contributed by atoms with Gasteiger partial charge in [0.1, 0.15) is 5.75 Å². The van der Waals surface area contributed by atoms with Crippen LogP contribution in [0.3, 0.4) is 0 Å². The van der Waals surface area contributed by atoms with E-state index in [9.17, 15) is 22.0 Å². The fourth-order valence-electron chi connectivity index (χ4n) is 2.58. The molecule has 1 N–H and O–H groups in total. The Bertz CT molecular complexity index is 1010. The maximum absolute atomic E-state index is 13.7. The minimum Gasteiger partial charge on any atom is -0.423 e. The monoisotopic (exact) mass is 426 g/mol. The molecule has 156 valence electrons. The molecule has 7 nitrogen and oxygen atoms in total. The molecule has 10 heteroatoms. The first-order valence-electron chi connectivity index (χ1n) is 8.84. The third-order valence-corrected chi connectivity index (χ3v) is 4.78. The summed E-state index contributed by atoms with van der Waals surface area (Å²) < 4.78 is 60.6. The smallest absolute Gasteiger partial charge is 0.336 e. The van der Waals surface area contributed by atoms with E-state index in [1.807, 2.05) is 0 Å². The normalized spacial score (nSPS) is 16.0. The van der Waals surface area contributed by atoms with Crippen LogP contribution in [0.15, 0.2) is 46.2 Å². The second-order valence-corrected chi connectivity index (χ2v) is 8.90. The molecule has 0 radical (unpaired) electrons. The summed E-state index contributed by atoms with van der Waals surface area (Å²) in [6, 6.07) is 8.27. The zero-order valence-corrected chi connectivity index (χ0v) is 16.6. The molecule has 1 aromatic heterocycles. The summed E-state index contributed by atoms with van der Waals surface area (Å²) in [6.45, 7) is 0.610. The topological polar surface area (TPSA) is 98.5 Å². The number of oxazole rings is 1. The van der Waals surface area contributed by atoms with Gasteiger partial charge in [-0.25, -0.2) is 8.42 Å². The van der Waals surface area contributed by atoms with Gasteiger partial charge in [0.15, 0.2) is 9.84 Å². The summed E-state index contributed by atoms with van der Waals surface area (Å²) >= 11 is 0. The van der Waals surface area contributed by atoms with Crippen LogP contribution in [-0.2, 0) is 20.6 Å². The van der Waals surface area contributed by atoms with E-state index in [2.05, 4.69) is 10.3 Å². The van der Waals surface area contributed by atoms with Crippen molar-refractivity contribution in [2.75, 3.05) is 11.6 Å². The van der Waals surface area contributed by atoms with E-state index < -0.39 is 33.5 Å². The Balaban J connectivity index is 1.87. The standard InChI is InChI=1S/C19H20F2N2O5S/c1-19(20,21)18-23-15(17(28-18)27-13-6-4-3-5-7-13)22-16(24)14(12-8-9-12)10-11-29(2,25)26/h3-7,10-12,14H,8-9H2,1-2H3,(H,22,24)/b11-10+/t14-/m1/s1. The molecule has 1 aliphatic rings. The molecule has 0 unspecified atom stereocenters. The van der Waals surface area contributed by atoms with Crippen molar-refractivity contribution < 1.29 is 31.1 Å². The van der Waals surface area contributed by atoms with E-state index >= 15 is 0 Å². The van der Waals surface area contributed by atoms with Gasteiger partial charge in [0, 0.05) is 18.6 Å². The lowest BCUT2D eigenvalue weighted by atomic mass is 10.0. The number of hydrogen-bond donors (Lipinski definition) is 1. The third kappa shape index (κ3) is 5.86. The molecular weight excluding hydrogens is 406 g/mol. The van der Waals surface area contributed by atoms with Crippen LogP contribution in [0, 0.1) is 11.8 Å². The first kappa shape index (κ1) is 21.0. The lowest BCUT2D eigenvalue weighted by molar-refractivity contribution is -0.119. The molecule has 1 heterocycles. The number of halogens is 2. The first-order valence-corrected chi connectivity index (χ1v) is 10.8. The number of alkyl halides is 2. The molecule has 29 heavy (non-hydrogen) atoms. The number of para-hydroxylation sites is 1. The van der Waals surface area contributed by atoms with Gasteiger partial charge in [0.05, 0.1) is 5.92 Å². The number of rotatable bonds is 8. The third-order valence-electron chi connectivity index (χ3n) is 4.13. The van der Waals surface area contributed by atoms with Crippen LogP contribution in [0.2, 0.25) is 0 Å². The number of amides is 1.